The molecule has 0 aromatic rings. The molecule has 0 heterocycles. The first kappa shape index (κ1) is 22.7. The lowest BCUT2D eigenvalue weighted by Crippen LogP contribution is -2.52. The smallest absolute Gasteiger partial charge is 0.420 e. The molecule has 9 nitrogen and oxygen atoms in total. The maximum atomic E-state index is 12.4. The first-order valence-corrected chi connectivity index (χ1v) is 7.72. The van der Waals surface area contributed by atoms with Gasteiger partial charge in [0, 0.05) is 6.42 Å². The van der Waals surface area contributed by atoms with Gasteiger partial charge in [-0.15, -0.1) is 0 Å². The number of nitrogens with zero attached hydrogens (tertiary/aromatic N) is 1. The highest BCUT2D eigenvalue weighted by atomic mass is 16.6. The number of carbonyl (C=O) groups excluding carboxylic acids is 3. The Bertz CT molecular complexity index is 487. The van der Waals surface area contributed by atoms with Gasteiger partial charge in [-0.05, 0) is 48.0 Å². The number of carboxylic acid groups (broad SMARTS) is 1. The molecule has 0 spiro atoms. The average Bonchev–Trinajstić information content (AvgIpc) is 2.37. The minimum absolute atomic E-state index is 0.296. The lowest BCUT2D eigenvalue weighted by molar-refractivity contribution is -0.145. The number of carboxylic acids is 1. The van der Waals surface area contributed by atoms with E-state index in [1.807, 2.05) is 0 Å². The number of carbonyl (C=O) groups is 4. The first-order chi connectivity index (χ1) is 11.2. The normalized spacial score (nSPS) is 12.8. The lowest BCUT2D eigenvalue weighted by Gasteiger charge is -2.31. The maximum absolute atomic E-state index is 12.4. The average molecular weight is 361 g/mol. The molecule has 9 heteroatoms. The Morgan fingerprint density at radius 3 is 1.60 bits per heavy atom. The molecule has 0 rings (SSSR count). The van der Waals surface area contributed by atoms with E-state index in [9.17, 15) is 24.3 Å². The van der Waals surface area contributed by atoms with E-state index < -0.39 is 41.4 Å². The first-order valence-electron chi connectivity index (χ1n) is 7.72. The molecule has 2 amide bonds. The molecule has 0 radical (unpaired) electrons. The summed E-state index contributed by atoms with van der Waals surface area (Å²) >= 11 is 0. The molecule has 25 heavy (non-hydrogen) atoms. The highest BCUT2D eigenvalue weighted by Gasteiger charge is 2.40. The fourth-order valence-electron chi connectivity index (χ4n) is 1.67. The fourth-order valence-corrected chi connectivity index (χ4v) is 1.67. The van der Waals surface area contributed by atoms with Crippen LogP contribution in [0, 0.1) is 0 Å². The number of aliphatic carboxylic acids is 1. The summed E-state index contributed by atoms with van der Waals surface area (Å²) < 4.78 is 14.7. The number of rotatable bonds is 5. The van der Waals surface area contributed by atoms with Gasteiger partial charge in [-0.1, -0.05) is 0 Å². The van der Waals surface area contributed by atoms with Crippen LogP contribution in [0.3, 0.4) is 0 Å². The molecule has 0 aromatic carbocycles. The quantitative estimate of drug-likeness (QED) is 0.586. The SMILES string of the molecule is COC(=O)CC[C@H](C(=O)O)N(C(=O)OC(C)(C)C)C(=O)OC(C)(C)C. The summed E-state index contributed by atoms with van der Waals surface area (Å²) in [6, 6.07) is -1.64. The van der Waals surface area contributed by atoms with E-state index in [1.54, 1.807) is 41.5 Å². The molecule has 144 valence electrons. The van der Waals surface area contributed by atoms with Crippen molar-refractivity contribution in [3.63, 3.8) is 0 Å². The van der Waals surface area contributed by atoms with E-state index in [4.69, 9.17) is 9.47 Å². The minimum Gasteiger partial charge on any atom is -0.480 e. The molecule has 0 aliphatic carbocycles. The number of ether oxygens (including phenoxy) is 3. The second-order valence-electron chi connectivity index (χ2n) is 7.30. The Kier molecular flexibility index (Phi) is 7.88. The third kappa shape index (κ3) is 8.92. The van der Waals surface area contributed by atoms with Crippen molar-refractivity contribution in [3.05, 3.63) is 0 Å². The van der Waals surface area contributed by atoms with E-state index in [-0.39, 0.29) is 12.8 Å². The molecule has 0 saturated heterocycles. The Labute approximate surface area is 147 Å². The highest BCUT2D eigenvalue weighted by molar-refractivity contribution is 5.93. The van der Waals surface area contributed by atoms with Crippen LogP contribution in [-0.2, 0) is 23.8 Å². The monoisotopic (exact) mass is 361 g/mol. The fraction of sp³-hybridized carbons (Fsp3) is 0.750. The molecule has 1 atom stereocenters. The van der Waals surface area contributed by atoms with Crippen molar-refractivity contribution in [2.24, 2.45) is 0 Å². The predicted molar refractivity (Wildman–Crippen MR) is 87.0 cm³/mol. The van der Waals surface area contributed by atoms with Crippen LogP contribution in [-0.4, -0.2) is 58.5 Å². The zero-order chi connectivity index (χ0) is 20.0. The zero-order valence-electron chi connectivity index (χ0n) is 15.7. The summed E-state index contributed by atoms with van der Waals surface area (Å²) in [5.74, 6) is -2.14. The van der Waals surface area contributed by atoms with Crippen molar-refractivity contribution < 1.29 is 38.5 Å². The van der Waals surface area contributed by atoms with Crippen LogP contribution in [0.15, 0.2) is 0 Å². The van der Waals surface area contributed by atoms with Gasteiger partial charge < -0.3 is 19.3 Å². The highest BCUT2D eigenvalue weighted by Crippen LogP contribution is 2.19. The van der Waals surface area contributed by atoms with Crippen molar-refractivity contribution in [2.45, 2.75) is 71.6 Å². The molecular formula is C16H27NO8. The summed E-state index contributed by atoms with van der Waals surface area (Å²) in [6.07, 6.45) is -2.96. The van der Waals surface area contributed by atoms with Crippen LogP contribution in [0.4, 0.5) is 9.59 Å². The Balaban J connectivity index is 5.63. The molecular weight excluding hydrogens is 334 g/mol. The molecule has 0 aliphatic heterocycles. The van der Waals surface area contributed by atoms with Crippen molar-refractivity contribution in [1.82, 2.24) is 4.90 Å². The summed E-state index contributed by atoms with van der Waals surface area (Å²) in [7, 11) is 1.15. The summed E-state index contributed by atoms with van der Waals surface area (Å²) in [4.78, 5) is 48.0. The number of methoxy groups -OCH3 is 1. The van der Waals surface area contributed by atoms with Gasteiger partial charge in [-0.3, -0.25) is 4.79 Å². The second kappa shape index (κ2) is 8.68. The molecule has 0 aromatic heterocycles. The lowest BCUT2D eigenvalue weighted by atomic mass is 10.1. The van der Waals surface area contributed by atoms with Crippen molar-refractivity contribution in [3.8, 4) is 0 Å². The molecule has 0 fully saturated rings. The van der Waals surface area contributed by atoms with Crippen LogP contribution >= 0.6 is 0 Å². The minimum atomic E-state index is -1.64. The van der Waals surface area contributed by atoms with Gasteiger partial charge in [0.15, 0.2) is 0 Å². The van der Waals surface area contributed by atoms with Crippen LogP contribution in [0.2, 0.25) is 0 Å². The molecule has 0 unspecified atom stereocenters. The predicted octanol–water partition coefficient (Wildman–Crippen LogP) is 2.57. The van der Waals surface area contributed by atoms with Gasteiger partial charge >= 0.3 is 24.1 Å². The zero-order valence-corrected chi connectivity index (χ0v) is 15.7. The van der Waals surface area contributed by atoms with Crippen LogP contribution < -0.4 is 0 Å². The molecule has 0 saturated carbocycles. The van der Waals surface area contributed by atoms with Gasteiger partial charge in [0.1, 0.15) is 17.2 Å². The summed E-state index contributed by atoms with van der Waals surface area (Å²) in [6.45, 7) is 9.43. The van der Waals surface area contributed by atoms with Crippen molar-refractivity contribution in [1.29, 1.82) is 0 Å². The standard InChI is InChI=1S/C16H27NO8/c1-15(2,3)24-13(21)17(14(22)25-16(4,5)6)10(12(19)20)8-9-11(18)23-7/h10H,8-9H2,1-7H3,(H,19,20)/t10-/m1/s1. The second-order valence-corrected chi connectivity index (χ2v) is 7.30. The number of hydrogen-bond donors (Lipinski definition) is 1. The van der Waals surface area contributed by atoms with E-state index in [2.05, 4.69) is 4.74 Å². The van der Waals surface area contributed by atoms with Gasteiger partial charge in [0.05, 0.1) is 7.11 Å². The maximum Gasteiger partial charge on any atom is 0.420 e. The Morgan fingerprint density at radius 1 is 0.920 bits per heavy atom. The van der Waals surface area contributed by atoms with E-state index in [0.717, 1.165) is 7.11 Å². The van der Waals surface area contributed by atoms with E-state index in [1.165, 1.54) is 0 Å². The molecule has 1 N–H and O–H groups in total. The van der Waals surface area contributed by atoms with Crippen LogP contribution in [0.5, 0.6) is 0 Å². The largest absolute Gasteiger partial charge is 0.480 e. The van der Waals surface area contributed by atoms with Gasteiger partial charge in [0.25, 0.3) is 0 Å². The number of hydrogen-bond acceptors (Lipinski definition) is 7. The Hall–Kier alpha value is -2.32. The van der Waals surface area contributed by atoms with E-state index in [0.29, 0.717) is 4.90 Å². The van der Waals surface area contributed by atoms with Crippen LogP contribution in [0.1, 0.15) is 54.4 Å². The summed E-state index contributed by atoms with van der Waals surface area (Å²) in [5.41, 5.74) is -1.91. The van der Waals surface area contributed by atoms with Gasteiger partial charge in [-0.25, -0.2) is 14.4 Å². The molecule has 0 aliphatic rings. The third-order valence-corrected chi connectivity index (χ3v) is 2.63. The van der Waals surface area contributed by atoms with E-state index >= 15 is 0 Å². The number of amides is 2. The molecule has 0 bridgehead atoms. The summed E-state index contributed by atoms with van der Waals surface area (Å²) in [5, 5.41) is 9.41. The third-order valence-electron chi connectivity index (χ3n) is 2.63. The Morgan fingerprint density at radius 2 is 1.32 bits per heavy atom. The van der Waals surface area contributed by atoms with Gasteiger partial charge in [0.2, 0.25) is 0 Å². The van der Waals surface area contributed by atoms with Crippen LogP contribution in [0.25, 0.3) is 0 Å². The number of esters is 1. The number of imide groups is 1. The van der Waals surface area contributed by atoms with Crippen molar-refractivity contribution >= 4 is 24.1 Å². The van der Waals surface area contributed by atoms with Crippen molar-refractivity contribution in [2.75, 3.05) is 7.11 Å². The van der Waals surface area contributed by atoms with Gasteiger partial charge in [-0.2, -0.15) is 4.90 Å². The topological polar surface area (TPSA) is 119 Å².